The van der Waals surface area contributed by atoms with Crippen LogP contribution in [0.15, 0.2) is 172 Å². The third kappa shape index (κ3) is 22.1. The number of Topliss-reactive ketones (excluding diaryl/α,β-unsaturated/α-hetero) is 2. The van der Waals surface area contributed by atoms with E-state index >= 15 is 0 Å². The van der Waals surface area contributed by atoms with Gasteiger partial charge in [-0.2, -0.15) is 0 Å². The average molecular weight is 2260 g/mol. The molecule has 22 unspecified atom stereocenters. The number of aliphatic hydroxyl groups excluding tert-OH is 1. The topological polar surface area (TPSA) is 452 Å². The molecule has 0 amide bonds. The molecule has 33 nitrogen and oxygen atoms in total. The van der Waals surface area contributed by atoms with Gasteiger partial charge in [-0.1, -0.05) is 123 Å². The number of pyridine rings is 3. The number of carboxylic acids is 1. The van der Waals surface area contributed by atoms with E-state index in [1.807, 2.05) is 72.7 Å². The molecule has 16 heterocycles. The number of hydrogen-bond acceptors (Lipinski definition) is 32. The third-order valence-electron chi connectivity index (χ3n) is 32.7. The second-order valence-corrected chi connectivity index (χ2v) is 45.0. The number of halogens is 1. The van der Waals surface area contributed by atoms with Crippen molar-refractivity contribution < 1.29 is 175 Å². The van der Waals surface area contributed by atoms with E-state index in [1.165, 1.54) is 41.7 Å². The van der Waals surface area contributed by atoms with Crippen LogP contribution in [0.3, 0.4) is 0 Å². The summed E-state index contributed by atoms with van der Waals surface area (Å²) in [7, 11) is 0. The molecular weight excluding hydrogens is 2120 g/mol. The summed E-state index contributed by atoms with van der Waals surface area (Å²) in [6.45, 7) is 35.6. The molecule has 12 fully saturated rings. The van der Waals surface area contributed by atoms with Gasteiger partial charge in [-0.3, -0.25) is 44.2 Å². The van der Waals surface area contributed by atoms with Gasteiger partial charge < -0.3 is 78.0 Å². The van der Waals surface area contributed by atoms with Crippen LogP contribution in [0, 0.1) is 76.1 Å². The number of esters is 3. The van der Waals surface area contributed by atoms with Gasteiger partial charge >= 0.3 is 43.4 Å². The molecule has 4 aromatic carbocycles. The molecule has 22 atom stereocenters. The van der Waals surface area contributed by atoms with Crippen LogP contribution in [0.5, 0.6) is 23.0 Å². The number of aromatic hydroxyl groups is 4. The Morgan fingerprint density at radius 1 is 0.638 bits per heavy atom. The minimum atomic E-state index is -1.03. The first-order chi connectivity index (χ1) is 70.0. The number of hydrogen-bond donors (Lipinski definition) is 10. The van der Waals surface area contributed by atoms with E-state index in [9.17, 15) is 63.9 Å². The van der Waals surface area contributed by atoms with Gasteiger partial charge in [-0.05, 0) is 254 Å². The van der Waals surface area contributed by atoms with Crippen molar-refractivity contribution in [2.45, 2.75) is 300 Å². The van der Waals surface area contributed by atoms with Gasteiger partial charge in [0.2, 0.25) is 47.6 Å². The van der Waals surface area contributed by atoms with Crippen molar-refractivity contribution in [1.29, 1.82) is 0 Å². The number of carbonyl (C=O) groups is 8. The van der Waals surface area contributed by atoms with E-state index in [-0.39, 0.29) is 160 Å². The number of phenolic OH excluding ortho intramolecular Hbond substituents is 4. The van der Waals surface area contributed by atoms with Crippen LogP contribution in [0.2, 0.25) is 0 Å². The van der Waals surface area contributed by atoms with Crippen molar-refractivity contribution in [2.75, 3.05) is 13.2 Å². The number of aliphatic hydroxyl groups is 1. The zero-order chi connectivity index (χ0) is 107. The number of ketones is 4. The van der Waals surface area contributed by atoms with Crippen molar-refractivity contribution in [3.05, 3.63) is 222 Å². The number of benzene rings is 4. The van der Waals surface area contributed by atoms with Crippen molar-refractivity contribution >= 4 is 112 Å². The molecule has 4 bridgehead atoms. The van der Waals surface area contributed by atoms with Crippen LogP contribution in [0.1, 0.15) is 263 Å². The molecule has 8 N–H and O–H groups in total. The SMILES string of the molecule is C=C1C(=O)OC2C1CC/C(C)=C/CCC1(C)OC21.CC1CCC2(C)C(C)C(O)OC3OC4(C)CCC1C32OO4.CC1CCC2C(C)C(OC(=O)CCC(=O)O)OC3OC4(C)CCC1C32OO4.CC1COC2=C1C(=O)C(=O)c1c2ccc2c1CCCC2(C)C.CC1OCC=C2OC(=O)C=C21.Cc1cc(I)c(O)c2ncccc12.Cc1ccc(O)c2c1C(=O)c1ccc(O)c(O)c1C2=O.O[n+]1ccccc1S.O[n+]1ccccc1S.[Zn+2]. The molecule has 26 rings (SSSR count). The number of allylic oxidation sites excluding steroid dienone is 2. The molecule has 792 valence electrons. The summed E-state index contributed by atoms with van der Waals surface area (Å²) in [4.78, 5) is 123. The molecule has 3 aromatic heterocycles. The van der Waals surface area contributed by atoms with E-state index in [2.05, 4.69) is 120 Å². The minimum absolute atomic E-state index is 0. The maximum atomic E-state index is 12.7. The van der Waals surface area contributed by atoms with Gasteiger partial charge in [0.1, 0.15) is 35.0 Å². The number of aliphatic carboxylic acids is 1. The summed E-state index contributed by atoms with van der Waals surface area (Å²) in [5.41, 5.74) is 7.76. The number of fused-ring (bicyclic) bond motifs is 15. The Bertz CT molecular complexity index is 6460. The summed E-state index contributed by atoms with van der Waals surface area (Å²) in [6.07, 6.45) is 21.6. The molecule has 7 aromatic rings. The van der Waals surface area contributed by atoms with Gasteiger partial charge in [-0.15, -0.1) is 0 Å². The zero-order valence-corrected chi connectivity index (χ0v) is 93.3. The Labute approximate surface area is 902 Å². The fraction of sp³-hybridized carbons (Fsp3) is 0.509. The molecule has 10 saturated heterocycles. The molecule has 2 saturated carbocycles. The fourth-order valence-electron chi connectivity index (χ4n) is 23.9. The number of carboxylic acid groups (broad SMARTS) is 1. The Morgan fingerprint density at radius 3 is 1.97 bits per heavy atom. The van der Waals surface area contributed by atoms with E-state index in [0.29, 0.717) is 86.7 Å². The molecular formula is C112H132IN3O30S2Zn+4. The summed E-state index contributed by atoms with van der Waals surface area (Å²) in [5.74, 6) is -3.79. The number of ether oxygens (including phenoxy) is 10. The molecule has 19 aliphatic rings. The molecule has 6 aliphatic carbocycles. The molecule has 0 radical (unpaired) electrons. The molecule has 13 aliphatic heterocycles. The number of phenols is 4. The normalized spacial score (nSPS) is 32.8. The number of nitrogens with zero attached hydrogens (tertiary/aromatic N) is 3. The summed E-state index contributed by atoms with van der Waals surface area (Å²) in [5, 5.41) is 77.6. The Morgan fingerprint density at radius 2 is 1.30 bits per heavy atom. The van der Waals surface area contributed by atoms with E-state index < -0.39 is 82.9 Å². The number of aryl methyl sites for hydroxylation is 2. The predicted molar refractivity (Wildman–Crippen MR) is 545 cm³/mol. The summed E-state index contributed by atoms with van der Waals surface area (Å²) < 4.78 is 59.7. The molecule has 149 heavy (non-hydrogen) atoms. The van der Waals surface area contributed by atoms with Gasteiger partial charge in [0, 0.05) is 133 Å². The van der Waals surface area contributed by atoms with Gasteiger partial charge in [-0.25, -0.2) is 29.1 Å². The third-order valence-corrected chi connectivity index (χ3v) is 34.3. The fourth-order valence-corrected chi connectivity index (χ4v) is 25.0. The van der Waals surface area contributed by atoms with Crippen molar-refractivity contribution in [2.24, 2.45) is 58.7 Å². The van der Waals surface area contributed by atoms with Gasteiger partial charge in [0.15, 0.2) is 53.1 Å². The van der Waals surface area contributed by atoms with Crippen molar-refractivity contribution in [3.63, 3.8) is 0 Å². The van der Waals surface area contributed by atoms with Gasteiger partial charge in [0.25, 0.3) is 10.1 Å². The number of rotatable bonds is 4. The van der Waals surface area contributed by atoms with E-state index in [1.54, 1.807) is 61.7 Å². The van der Waals surface area contributed by atoms with Crippen molar-refractivity contribution in [3.8, 4) is 23.0 Å². The van der Waals surface area contributed by atoms with E-state index in [0.717, 1.165) is 137 Å². The van der Waals surface area contributed by atoms with Crippen LogP contribution in [-0.2, 0) is 122 Å². The average Bonchev–Trinajstić information content (AvgIpc) is 1.64. The second-order valence-electron chi connectivity index (χ2n) is 42.9. The van der Waals surface area contributed by atoms with E-state index in [4.69, 9.17) is 82.4 Å². The quantitative estimate of drug-likeness (QED) is 0.00624. The molecule has 2 spiro atoms. The smallest absolute Gasteiger partial charge is 0.507 e. The van der Waals surface area contributed by atoms with Gasteiger partial charge in [0.05, 0.1) is 58.0 Å². The van der Waals surface area contributed by atoms with Crippen LogP contribution < -0.4 is 9.46 Å². The first-order valence-corrected chi connectivity index (χ1v) is 52.6. The first-order valence-electron chi connectivity index (χ1n) is 50.6. The Kier molecular flexibility index (Phi) is 34.2. The summed E-state index contributed by atoms with van der Waals surface area (Å²) >= 11 is 9.93. The maximum Gasteiger partial charge on any atom is 2.00 e. The second kappa shape index (κ2) is 45.0. The van der Waals surface area contributed by atoms with Crippen molar-refractivity contribution in [1.82, 2.24) is 4.98 Å². The number of carbonyl (C=O) groups excluding carboxylic acids is 7. The monoisotopic (exact) mass is 2250 g/mol. The summed E-state index contributed by atoms with van der Waals surface area (Å²) in [6, 6.07) is 25.7. The van der Waals surface area contributed by atoms with Crippen LogP contribution in [0.4, 0.5) is 0 Å². The number of epoxide rings is 1. The molecule has 37 heteroatoms. The maximum absolute atomic E-state index is 12.7. The van der Waals surface area contributed by atoms with Crippen LogP contribution >= 0.6 is 47.8 Å². The Balaban J connectivity index is 0.000000128. The predicted octanol–water partition coefficient (Wildman–Crippen LogP) is 17.9. The first kappa shape index (κ1) is 113. The largest absolute Gasteiger partial charge is 2.00 e. The number of aromatic nitrogens is 3. The zero-order valence-electron chi connectivity index (χ0n) is 86.4. The van der Waals surface area contributed by atoms with Crippen LogP contribution in [-0.4, -0.2) is 178 Å². The minimum Gasteiger partial charge on any atom is -0.507 e. The standard InChI is InChI=1S/C19H28O8.C19H20O3.C16H26O5.C15H10O5.C15H20O3.C10H8INO.C8H8O3.2C5H5NOS.Zn/c1-10-4-5-13-11(2)16(23-15(22)7-6-14(20)21)24-17-19(13)12(10)8-9-18(3,25-17)26-27-19;1-10-9-22-18-12-6-7-13-11(5-4-8-19(13,2)3)15(12)17(21)16(20)14(10)18;1-9-5-7-14(3)10(2)12(17)18-13-16(14)11(9)6-8-15(4,19-13)20-21-16;1-6-2-4-8(16)12-10(6)13(18)7-3-5-9(17)14(19)11(7)15(12)20;1-9-5-4-8-15(3)13(18-15)12-11(7-6-9)10(2)14(16)17-12;1-6-5-8(11)10(13)9-7(6)3-2-4-12-9;1-5-6-4-8(9)11-7(6)2-3-10-5;2*7-6-4-2-1-3-5(6)8;/h10-13,16-17H,4-9H2,1-3H3,(H,20,21);6-7,10H,4-5,8-9H2,1-3H3;9-13,17H,5-8H2,1-4H3;2-5,16-17,19H,1H3;5,11-13H,2,4,6-8H2,1,3H3;2-5,13H,1H3;2,4-5H,3H2,1H3;2*1-4,7H;/q;;;;;;;;;+2/p+2/b;;;;9-5+;;;;;. The number of thiol groups is 2. The Hall–Kier alpha value is -9.94. The van der Waals surface area contributed by atoms with Crippen LogP contribution in [0.25, 0.3) is 16.7 Å².